The SMILES string of the molecule is CNCCNc1cncnc1N. The Morgan fingerprint density at radius 3 is 3.00 bits per heavy atom. The van der Waals surface area contributed by atoms with E-state index in [2.05, 4.69) is 20.6 Å². The van der Waals surface area contributed by atoms with E-state index in [9.17, 15) is 0 Å². The van der Waals surface area contributed by atoms with Crippen molar-refractivity contribution in [3.63, 3.8) is 0 Å². The molecule has 0 saturated carbocycles. The number of aromatic nitrogens is 2. The van der Waals surface area contributed by atoms with Crippen LogP contribution in [0.25, 0.3) is 0 Å². The smallest absolute Gasteiger partial charge is 0.150 e. The lowest BCUT2D eigenvalue weighted by Crippen LogP contribution is -2.18. The number of nitrogens with zero attached hydrogens (tertiary/aromatic N) is 2. The van der Waals surface area contributed by atoms with Gasteiger partial charge in [0.05, 0.1) is 11.9 Å². The molecule has 0 saturated heterocycles. The summed E-state index contributed by atoms with van der Waals surface area (Å²) in [5.74, 6) is 0.487. The van der Waals surface area contributed by atoms with Crippen LogP contribution in [-0.4, -0.2) is 30.1 Å². The Balaban J connectivity index is 2.46. The number of rotatable bonds is 4. The van der Waals surface area contributed by atoms with E-state index in [0.717, 1.165) is 18.8 Å². The van der Waals surface area contributed by atoms with Crippen LogP contribution in [0.5, 0.6) is 0 Å². The predicted octanol–water partition coefficient (Wildman–Crippen LogP) is -0.310. The summed E-state index contributed by atoms with van der Waals surface area (Å²) in [5.41, 5.74) is 6.35. The molecule has 12 heavy (non-hydrogen) atoms. The molecule has 66 valence electrons. The second-order valence-electron chi connectivity index (χ2n) is 2.35. The molecule has 1 heterocycles. The molecule has 0 bridgehead atoms. The molecule has 5 nitrogen and oxygen atoms in total. The summed E-state index contributed by atoms with van der Waals surface area (Å²) in [6.07, 6.45) is 3.09. The van der Waals surface area contributed by atoms with Gasteiger partial charge in [-0.3, -0.25) is 0 Å². The third-order valence-corrected chi connectivity index (χ3v) is 1.43. The van der Waals surface area contributed by atoms with Gasteiger partial charge in [-0.05, 0) is 7.05 Å². The van der Waals surface area contributed by atoms with E-state index in [-0.39, 0.29) is 0 Å². The molecule has 0 spiro atoms. The molecule has 0 unspecified atom stereocenters. The first-order chi connectivity index (χ1) is 5.84. The molecule has 0 aromatic carbocycles. The normalized spacial score (nSPS) is 9.75. The van der Waals surface area contributed by atoms with Crippen molar-refractivity contribution in [2.75, 3.05) is 31.2 Å². The van der Waals surface area contributed by atoms with Crippen molar-refractivity contribution in [2.24, 2.45) is 0 Å². The van der Waals surface area contributed by atoms with Crippen LogP contribution in [0.2, 0.25) is 0 Å². The monoisotopic (exact) mass is 167 g/mol. The Morgan fingerprint density at radius 2 is 2.33 bits per heavy atom. The van der Waals surface area contributed by atoms with Crippen molar-refractivity contribution in [3.05, 3.63) is 12.5 Å². The topological polar surface area (TPSA) is 75.9 Å². The highest BCUT2D eigenvalue weighted by Gasteiger charge is 1.96. The minimum Gasteiger partial charge on any atom is -0.382 e. The highest BCUT2D eigenvalue weighted by Crippen LogP contribution is 2.10. The molecule has 1 aromatic rings. The van der Waals surface area contributed by atoms with Crippen LogP contribution in [0.1, 0.15) is 0 Å². The van der Waals surface area contributed by atoms with Crippen LogP contribution < -0.4 is 16.4 Å². The average Bonchev–Trinajstić information content (AvgIpc) is 2.09. The maximum Gasteiger partial charge on any atom is 0.150 e. The number of hydrogen-bond acceptors (Lipinski definition) is 5. The van der Waals surface area contributed by atoms with Gasteiger partial charge in [0.2, 0.25) is 0 Å². The first-order valence-electron chi connectivity index (χ1n) is 3.78. The summed E-state index contributed by atoms with van der Waals surface area (Å²) >= 11 is 0. The van der Waals surface area contributed by atoms with Crippen LogP contribution in [0.3, 0.4) is 0 Å². The minimum atomic E-state index is 0.487. The zero-order valence-corrected chi connectivity index (χ0v) is 7.04. The van der Waals surface area contributed by atoms with Crippen LogP contribution >= 0.6 is 0 Å². The summed E-state index contributed by atoms with van der Waals surface area (Å²) in [7, 11) is 1.90. The first kappa shape index (κ1) is 8.73. The highest BCUT2D eigenvalue weighted by atomic mass is 15.0. The zero-order chi connectivity index (χ0) is 8.81. The third kappa shape index (κ3) is 2.35. The molecule has 5 heteroatoms. The quantitative estimate of drug-likeness (QED) is 0.536. The minimum absolute atomic E-state index is 0.487. The van der Waals surface area contributed by atoms with Crippen molar-refractivity contribution in [2.45, 2.75) is 0 Å². The highest BCUT2D eigenvalue weighted by molar-refractivity contribution is 5.59. The number of nitrogen functional groups attached to an aromatic ring is 1. The number of likely N-dealkylation sites (N-methyl/N-ethyl adjacent to an activating group) is 1. The lowest BCUT2D eigenvalue weighted by atomic mass is 10.4. The van der Waals surface area contributed by atoms with Gasteiger partial charge >= 0.3 is 0 Å². The Hall–Kier alpha value is -1.36. The molecule has 1 aromatic heterocycles. The molecule has 4 N–H and O–H groups in total. The number of nitrogens with one attached hydrogen (secondary N) is 2. The fraction of sp³-hybridized carbons (Fsp3) is 0.429. The van der Waals surface area contributed by atoms with E-state index >= 15 is 0 Å². The van der Waals surface area contributed by atoms with Crippen molar-refractivity contribution >= 4 is 11.5 Å². The van der Waals surface area contributed by atoms with E-state index in [1.165, 1.54) is 6.33 Å². The van der Waals surface area contributed by atoms with Crippen LogP contribution in [-0.2, 0) is 0 Å². The number of nitrogens with two attached hydrogens (primary N) is 1. The molecule has 0 radical (unpaired) electrons. The van der Waals surface area contributed by atoms with Gasteiger partial charge in [-0.15, -0.1) is 0 Å². The lowest BCUT2D eigenvalue weighted by Gasteiger charge is -2.06. The Morgan fingerprint density at radius 1 is 1.50 bits per heavy atom. The molecule has 0 aliphatic carbocycles. The number of anilines is 2. The first-order valence-corrected chi connectivity index (χ1v) is 3.78. The number of hydrogen-bond donors (Lipinski definition) is 3. The summed E-state index contributed by atoms with van der Waals surface area (Å²) in [4.78, 5) is 7.69. The van der Waals surface area contributed by atoms with E-state index in [0.29, 0.717) is 5.82 Å². The predicted molar refractivity (Wildman–Crippen MR) is 48.9 cm³/mol. The maximum atomic E-state index is 5.57. The largest absolute Gasteiger partial charge is 0.382 e. The summed E-state index contributed by atoms with van der Waals surface area (Å²) in [6, 6.07) is 0. The molecule has 0 aliphatic heterocycles. The van der Waals surface area contributed by atoms with Gasteiger partial charge in [-0.1, -0.05) is 0 Å². The Labute approximate surface area is 71.4 Å². The lowest BCUT2D eigenvalue weighted by molar-refractivity contribution is 0.823. The standard InChI is InChI=1S/C7H13N5/c1-9-2-3-11-6-4-10-5-12-7(6)8/h4-5,9,11H,2-3H2,1H3,(H2,8,10,12). The molecule has 0 fully saturated rings. The second kappa shape index (κ2) is 4.50. The molecule has 0 amide bonds. The fourth-order valence-electron chi connectivity index (χ4n) is 0.797. The van der Waals surface area contributed by atoms with Gasteiger partial charge in [0.1, 0.15) is 12.1 Å². The van der Waals surface area contributed by atoms with Crippen molar-refractivity contribution in [1.29, 1.82) is 0 Å². The van der Waals surface area contributed by atoms with E-state index < -0.39 is 0 Å². The maximum absolute atomic E-state index is 5.57. The van der Waals surface area contributed by atoms with E-state index in [1.54, 1.807) is 6.20 Å². The van der Waals surface area contributed by atoms with Crippen LogP contribution in [0.15, 0.2) is 12.5 Å². The van der Waals surface area contributed by atoms with Gasteiger partial charge in [-0.25, -0.2) is 9.97 Å². The Kier molecular flexibility index (Phi) is 3.28. The summed E-state index contributed by atoms with van der Waals surface area (Å²) in [6.45, 7) is 1.70. The van der Waals surface area contributed by atoms with Gasteiger partial charge < -0.3 is 16.4 Å². The third-order valence-electron chi connectivity index (χ3n) is 1.43. The molecule has 0 aliphatic rings. The van der Waals surface area contributed by atoms with Crippen molar-refractivity contribution in [3.8, 4) is 0 Å². The van der Waals surface area contributed by atoms with Crippen LogP contribution in [0.4, 0.5) is 11.5 Å². The van der Waals surface area contributed by atoms with Gasteiger partial charge in [0.15, 0.2) is 0 Å². The molecular formula is C7H13N5. The summed E-state index contributed by atoms with van der Waals surface area (Å²) < 4.78 is 0. The molecular weight excluding hydrogens is 154 g/mol. The molecule has 1 rings (SSSR count). The average molecular weight is 167 g/mol. The van der Waals surface area contributed by atoms with Gasteiger partial charge in [0.25, 0.3) is 0 Å². The Bertz CT molecular complexity index is 237. The second-order valence-corrected chi connectivity index (χ2v) is 2.35. The van der Waals surface area contributed by atoms with Gasteiger partial charge in [0, 0.05) is 13.1 Å². The molecule has 0 atom stereocenters. The van der Waals surface area contributed by atoms with Gasteiger partial charge in [-0.2, -0.15) is 0 Å². The van der Waals surface area contributed by atoms with Crippen molar-refractivity contribution in [1.82, 2.24) is 15.3 Å². The van der Waals surface area contributed by atoms with Crippen LogP contribution in [0, 0.1) is 0 Å². The fourth-order valence-corrected chi connectivity index (χ4v) is 0.797. The van der Waals surface area contributed by atoms with Crippen molar-refractivity contribution < 1.29 is 0 Å². The van der Waals surface area contributed by atoms with E-state index in [4.69, 9.17) is 5.73 Å². The zero-order valence-electron chi connectivity index (χ0n) is 7.04. The van der Waals surface area contributed by atoms with E-state index in [1.807, 2.05) is 7.05 Å². The summed E-state index contributed by atoms with van der Waals surface area (Å²) in [5, 5.41) is 6.11.